The maximum atomic E-state index is 6.80. The van der Waals surface area contributed by atoms with Gasteiger partial charge in [-0.25, -0.2) is 15.9 Å². The minimum absolute atomic E-state index is 0.306. The van der Waals surface area contributed by atoms with Crippen LogP contribution in [0.2, 0.25) is 10.0 Å². The van der Waals surface area contributed by atoms with E-state index >= 15 is 0 Å². The first-order chi connectivity index (χ1) is 21.9. The molecule has 0 bridgehead atoms. The average Bonchev–Trinajstić information content (AvgIpc) is 3.07. The van der Waals surface area contributed by atoms with Gasteiger partial charge in [-0.2, -0.15) is 0 Å². The van der Waals surface area contributed by atoms with Gasteiger partial charge in [0.25, 0.3) is 0 Å². The number of aromatic nitrogens is 2. The standard InChI is InChI=1S/C37H33Cl2N3O3/c1-37(19-6-20-45-40,27-13-17-35(31(38)21-27)43-23-29-15-11-25-7-2-4-9-33(25)41-29)28-14-18-36(32(39)22-28)44-24-30-16-12-26-8-3-5-10-34(26)42-30/h2-5,7-18,21-22H,6,19-20,23-24,40H2,1H3. The highest BCUT2D eigenvalue weighted by Crippen LogP contribution is 2.42. The van der Waals surface area contributed by atoms with Crippen LogP contribution in [0.1, 0.15) is 42.3 Å². The van der Waals surface area contributed by atoms with Gasteiger partial charge in [0.1, 0.15) is 24.7 Å². The fourth-order valence-electron chi connectivity index (χ4n) is 5.57. The molecule has 0 aliphatic carbocycles. The molecule has 0 saturated carbocycles. The highest BCUT2D eigenvalue weighted by atomic mass is 35.5. The van der Waals surface area contributed by atoms with Crippen molar-refractivity contribution < 1.29 is 14.3 Å². The average molecular weight is 639 g/mol. The zero-order valence-electron chi connectivity index (χ0n) is 24.9. The van der Waals surface area contributed by atoms with Crippen LogP contribution in [0.3, 0.4) is 0 Å². The van der Waals surface area contributed by atoms with E-state index in [0.29, 0.717) is 41.4 Å². The molecule has 6 rings (SSSR count). The summed E-state index contributed by atoms with van der Waals surface area (Å²) in [6.07, 6.45) is 1.49. The third kappa shape index (κ3) is 7.05. The Hall–Kier alpha value is -4.20. The second-order valence-corrected chi connectivity index (χ2v) is 12.0. The molecule has 0 spiro atoms. The summed E-state index contributed by atoms with van der Waals surface area (Å²) in [5, 5.41) is 3.21. The molecular formula is C37H33Cl2N3O3. The molecule has 45 heavy (non-hydrogen) atoms. The molecule has 0 fully saturated rings. The van der Waals surface area contributed by atoms with Crippen LogP contribution >= 0.6 is 23.2 Å². The van der Waals surface area contributed by atoms with Gasteiger partial charge in [0, 0.05) is 16.2 Å². The molecule has 0 unspecified atom stereocenters. The van der Waals surface area contributed by atoms with Crippen LogP contribution in [-0.4, -0.2) is 16.6 Å². The second kappa shape index (κ2) is 13.8. The molecule has 0 radical (unpaired) electrons. The predicted octanol–water partition coefficient (Wildman–Crippen LogP) is 9.22. The van der Waals surface area contributed by atoms with E-state index in [1.54, 1.807) is 0 Å². The number of ether oxygens (including phenoxy) is 2. The summed E-state index contributed by atoms with van der Waals surface area (Å²) >= 11 is 13.6. The number of fused-ring (bicyclic) bond motifs is 2. The van der Waals surface area contributed by atoms with E-state index in [-0.39, 0.29) is 0 Å². The highest BCUT2D eigenvalue weighted by Gasteiger charge is 2.30. The number of para-hydroxylation sites is 2. The van der Waals surface area contributed by atoms with E-state index in [4.69, 9.17) is 53.4 Å². The second-order valence-electron chi connectivity index (χ2n) is 11.2. The Bertz CT molecular complexity index is 1820. The molecule has 6 aromatic rings. The number of nitrogens with zero attached hydrogens (tertiary/aromatic N) is 2. The summed E-state index contributed by atoms with van der Waals surface area (Å²) in [5.74, 6) is 6.54. The van der Waals surface area contributed by atoms with E-state index in [9.17, 15) is 0 Å². The highest BCUT2D eigenvalue weighted by molar-refractivity contribution is 6.32. The molecule has 0 amide bonds. The van der Waals surface area contributed by atoms with Crippen LogP contribution in [0.4, 0.5) is 0 Å². The molecule has 6 nitrogen and oxygen atoms in total. The maximum absolute atomic E-state index is 6.80. The van der Waals surface area contributed by atoms with Gasteiger partial charge in [0.15, 0.2) is 0 Å². The molecule has 0 atom stereocenters. The first-order valence-electron chi connectivity index (χ1n) is 14.8. The van der Waals surface area contributed by atoms with E-state index in [1.165, 1.54) is 0 Å². The summed E-state index contributed by atoms with van der Waals surface area (Å²) < 4.78 is 12.2. The monoisotopic (exact) mass is 637 g/mol. The molecular weight excluding hydrogens is 605 g/mol. The third-order valence-electron chi connectivity index (χ3n) is 8.14. The summed E-state index contributed by atoms with van der Waals surface area (Å²) in [5.41, 5.74) is 5.11. The predicted molar refractivity (Wildman–Crippen MR) is 181 cm³/mol. The number of pyridine rings is 2. The largest absolute Gasteiger partial charge is 0.486 e. The normalized spacial score (nSPS) is 11.6. The van der Waals surface area contributed by atoms with Crippen molar-refractivity contribution in [3.63, 3.8) is 0 Å². The lowest BCUT2D eigenvalue weighted by Crippen LogP contribution is -2.25. The van der Waals surface area contributed by atoms with Gasteiger partial charge in [0.05, 0.1) is 39.1 Å². The molecule has 2 N–H and O–H groups in total. The smallest absolute Gasteiger partial charge is 0.138 e. The van der Waals surface area contributed by atoms with Gasteiger partial charge >= 0.3 is 0 Å². The lowest BCUT2D eigenvalue weighted by atomic mass is 9.73. The molecule has 0 aliphatic heterocycles. The van der Waals surface area contributed by atoms with Gasteiger partial charge in [0.2, 0.25) is 0 Å². The van der Waals surface area contributed by atoms with Gasteiger partial charge < -0.3 is 14.3 Å². The SMILES string of the molecule is CC(CCCON)(c1ccc(OCc2ccc3ccccc3n2)c(Cl)c1)c1ccc(OCc2ccc3ccccc3n2)c(Cl)c1. The van der Waals surface area contributed by atoms with Gasteiger partial charge in [-0.05, 0) is 72.5 Å². The first kappa shape index (κ1) is 30.8. The lowest BCUT2D eigenvalue weighted by molar-refractivity contribution is 0.130. The fraction of sp³-hybridized carbons (Fsp3) is 0.189. The van der Waals surface area contributed by atoms with Crippen LogP contribution in [0.15, 0.2) is 109 Å². The quantitative estimate of drug-likeness (QED) is 0.106. The Morgan fingerprint density at radius 2 is 1.13 bits per heavy atom. The first-order valence-corrected chi connectivity index (χ1v) is 15.6. The summed E-state index contributed by atoms with van der Waals surface area (Å²) in [6, 6.07) is 35.9. The van der Waals surface area contributed by atoms with Gasteiger partial charge in [-0.15, -0.1) is 0 Å². The van der Waals surface area contributed by atoms with Crippen molar-refractivity contribution in [2.24, 2.45) is 5.90 Å². The van der Waals surface area contributed by atoms with Crippen molar-refractivity contribution in [3.05, 3.63) is 142 Å². The topological polar surface area (TPSA) is 79.5 Å². The number of rotatable bonds is 12. The van der Waals surface area contributed by atoms with Gasteiger partial charge in [-0.1, -0.05) is 90.8 Å². The van der Waals surface area contributed by atoms with Crippen molar-refractivity contribution >= 4 is 45.0 Å². The van der Waals surface area contributed by atoms with Crippen molar-refractivity contribution in [2.45, 2.75) is 38.4 Å². The van der Waals surface area contributed by atoms with Crippen LogP contribution < -0.4 is 15.4 Å². The maximum Gasteiger partial charge on any atom is 0.138 e. The Kier molecular flexibility index (Phi) is 9.47. The number of benzene rings is 4. The van der Waals surface area contributed by atoms with Crippen molar-refractivity contribution in [3.8, 4) is 11.5 Å². The summed E-state index contributed by atoms with van der Waals surface area (Å²) in [7, 11) is 0. The number of halogens is 2. The minimum atomic E-state index is -0.442. The van der Waals surface area contributed by atoms with Crippen LogP contribution in [0, 0.1) is 0 Å². The van der Waals surface area contributed by atoms with Crippen LogP contribution in [0.25, 0.3) is 21.8 Å². The molecule has 8 heteroatoms. The number of hydrogen-bond donors (Lipinski definition) is 1. The van der Waals surface area contributed by atoms with Crippen molar-refractivity contribution in [2.75, 3.05) is 6.61 Å². The van der Waals surface area contributed by atoms with Gasteiger partial charge in [-0.3, -0.25) is 0 Å². The Morgan fingerprint density at radius 3 is 1.60 bits per heavy atom. The molecule has 2 aromatic heterocycles. The van der Waals surface area contributed by atoms with Crippen LogP contribution in [-0.2, 0) is 23.5 Å². The Morgan fingerprint density at radius 1 is 0.644 bits per heavy atom. The lowest BCUT2D eigenvalue weighted by Gasteiger charge is -2.32. The van der Waals surface area contributed by atoms with Crippen molar-refractivity contribution in [1.29, 1.82) is 0 Å². The van der Waals surface area contributed by atoms with E-state index < -0.39 is 5.41 Å². The molecule has 0 saturated heterocycles. The molecule has 2 heterocycles. The number of nitrogens with two attached hydrogens (primary N) is 1. The molecule has 228 valence electrons. The molecule has 4 aromatic carbocycles. The molecule has 0 aliphatic rings. The number of hydrogen-bond acceptors (Lipinski definition) is 6. The Labute approximate surface area is 272 Å². The van der Waals surface area contributed by atoms with E-state index in [2.05, 4.69) is 6.92 Å². The fourth-order valence-corrected chi connectivity index (χ4v) is 6.04. The van der Waals surface area contributed by atoms with E-state index in [1.807, 2.05) is 109 Å². The third-order valence-corrected chi connectivity index (χ3v) is 8.73. The minimum Gasteiger partial charge on any atom is -0.486 e. The summed E-state index contributed by atoms with van der Waals surface area (Å²) in [4.78, 5) is 14.3. The van der Waals surface area contributed by atoms with Crippen LogP contribution in [0.5, 0.6) is 11.5 Å². The zero-order valence-corrected chi connectivity index (χ0v) is 26.4. The van der Waals surface area contributed by atoms with Crippen molar-refractivity contribution in [1.82, 2.24) is 9.97 Å². The zero-order chi connectivity index (χ0) is 31.2. The van der Waals surface area contributed by atoms with E-state index in [0.717, 1.165) is 57.2 Å². The Balaban J connectivity index is 1.20. The summed E-state index contributed by atoms with van der Waals surface area (Å²) in [6.45, 7) is 3.21.